The van der Waals surface area contributed by atoms with Gasteiger partial charge in [0.1, 0.15) is 11.0 Å². The van der Waals surface area contributed by atoms with Crippen molar-refractivity contribution in [3.8, 4) is 5.75 Å². The van der Waals surface area contributed by atoms with Crippen LogP contribution < -0.4 is 14.4 Å². The lowest BCUT2D eigenvalue weighted by Gasteiger charge is -2.45. The zero-order valence-electron chi connectivity index (χ0n) is 24.6. The molecule has 1 heterocycles. The van der Waals surface area contributed by atoms with Crippen molar-refractivity contribution >= 4 is 33.2 Å². The van der Waals surface area contributed by atoms with Crippen molar-refractivity contribution in [1.82, 2.24) is 4.72 Å². The van der Waals surface area contributed by atoms with Crippen molar-refractivity contribution in [2.75, 3.05) is 24.6 Å². The van der Waals surface area contributed by atoms with E-state index in [1.165, 1.54) is 23.3 Å². The first-order valence-corrected chi connectivity index (χ1v) is 17.0. The van der Waals surface area contributed by atoms with Gasteiger partial charge in [-0.15, -0.1) is 13.2 Å². The Labute approximate surface area is 263 Å². The number of allylic oxidation sites excluding steroid dienone is 1. The van der Waals surface area contributed by atoms with Gasteiger partial charge in [-0.05, 0) is 98.2 Å². The average Bonchev–Trinajstić information content (AvgIpc) is 3.11. The van der Waals surface area contributed by atoms with E-state index in [0.717, 1.165) is 32.1 Å². The van der Waals surface area contributed by atoms with Crippen LogP contribution in [0.25, 0.3) is 0 Å². The van der Waals surface area contributed by atoms with Gasteiger partial charge in [-0.3, -0.25) is 4.79 Å². The number of nitrogens with one attached hydrogen (secondary N) is 1. The molecule has 0 saturated heterocycles. The second-order valence-electron chi connectivity index (χ2n) is 12.2. The summed E-state index contributed by atoms with van der Waals surface area (Å²) in [6.45, 7) is 8.77. The molecule has 2 aromatic carbocycles. The third kappa shape index (κ3) is 6.53. The van der Waals surface area contributed by atoms with Crippen LogP contribution >= 0.6 is 11.6 Å². The first-order valence-electron chi connectivity index (χ1n) is 15.0. The number of hydrogen-bond donors (Lipinski definition) is 2. The molecule has 7 nitrogen and oxygen atoms in total. The Morgan fingerprint density at radius 2 is 2.02 bits per heavy atom. The number of carbonyl (C=O) groups is 1. The minimum atomic E-state index is -4.67. The standard InChI is InChI=1S/C33H39ClF2N2O5S/c1-3-5-8-30(31(35)36)44(41,42)37-32(40)22-10-14-29-27(17-22)38(18-23-9-12-25(23)28(39)4-2)19-33(20-43-29)15-6-7-21-16-24(34)11-13-26(21)33/h3-4,10-11,13-14,16-17,23,25,28,30-31,39H,1-2,5-9,12,15,18-20H2,(H,37,40)/t23-,25+,28-,30?,33-/m0/s1. The Kier molecular flexibility index (Phi) is 9.72. The molecular formula is C33H39ClF2N2O5S. The second-order valence-corrected chi connectivity index (χ2v) is 14.6. The molecule has 1 unspecified atom stereocenters. The van der Waals surface area contributed by atoms with E-state index < -0.39 is 33.7 Å². The average molecular weight is 649 g/mol. The van der Waals surface area contributed by atoms with Crippen molar-refractivity contribution in [3.05, 3.63) is 83.4 Å². The van der Waals surface area contributed by atoms with Gasteiger partial charge in [-0.1, -0.05) is 29.8 Å². The maximum absolute atomic E-state index is 13.6. The highest BCUT2D eigenvalue weighted by Gasteiger charge is 2.44. The van der Waals surface area contributed by atoms with Gasteiger partial charge in [0, 0.05) is 29.1 Å². The molecule has 2 aliphatic carbocycles. The molecule has 1 fully saturated rings. The molecule has 1 saturated carbocycles. The van der Waals surface area contributed by atoms with Crippen LogP contribution in [0.3, 0.4) is 0 Å². The maximum Gasteiger partial charge on any atom is 0.264 e. The number of carbonyl (C=O) groups excluding carboxylic acids is 1. The summed E-state index contributed by atoms with van der Waals surface area (Å²) < 4.78 is 61.2. The van der Waals surface area contributed by atoms with Crippen LogP contribution in [-0.2, 0) is 21.9 Å². The number of ether oxygens (including phenoxy) is 1. The zero-order chi connectivity index (χ0) is 31.6. The van der Waals surface area contributed by atoms with E-state index in [1.54, 1.807) is 18.2 Å². The molecule has 11 heteroatoms. The minimum absolute atomic E-state index is 0.0146. The van der Waals surface area contributed by atoms with Gasteiger partial charge in [0.25, 0.3) is 12.3 Å². The van der Waals surface area contributed by atoms with Crippen molar-refractivity contribution in [2.24, 2.45) is 11.8 Å². The summed E-state index contributed by atoms with van der Waals surface area (Å²) in [5.74, 6) is -0.239. The third-order valence-corrected chi connectivity index (χ3v) is 11.4. The molecule has 5 rings (SSSR count). The van der Waals surface area contributed by atoms with Crippen LogP contribution in [0.4, 0.5) is 14.5 Å². The number of nitrogens with zero attached hydrogens (tertiary/aromatic N) is 1. The number of rotatable bonds is 11. The molecule has 3 aliphatic rings. The van der Waals surface area contributed by atoms with E-state index in [4.69, 9.17) is 16.3 Å². The van der Waals surface area contributed by atoms with Crippen molar-refractivity contribution in [1.29, 1.82) is 0 Å². The fraction of sp³-hybridized carbons (Fsp3) is 0.485. The number of amides is 1. The highest BCUT2D eigenvalue weighted by atomic mass is 35.5. The number of fused-ring (bicyclic) bond motifs is 3. The van der Waals surface area contributed by atoms with E-state index in [-0.39, 0.29) is 35.7 Å². The number of halogens is 3. The monoisotopic (exact) mass is 648 g/mol. The zero-order valence-corrected chi connectivity index (χ0v) is 26.1. The van der Waals surface area contributed by atoms with Gasteiger partial charge in [0.15, 0.2) is 0 Å². The third-order valence-electron chi connectivity index (χ3n) is 9.48. The van der Waals surface area contributed by atoms with E-state index in [2.05, 4.69) is 24.1 Å². The second kappa shape index (κ2) is 13.2. The lowest BCUT2D eigenvalue weighted by atomic mass is 9.68. The molecule has 1 spiro atoms. The SMILES string of the molecule is C=CCCC(C(F)F)S(=O)(=O)NC(=O)c1ccc2c(c1)N(C[C@@H]1CC[C@H]1[C@@H](O)C=C)C[C@@]1(CCCc3cc(Cl)ccc31)CO2. The Morgan fingerprint density at radius 1 is 1.23 bits per heavy atom. The molecule has 1 aliphatic heterocycles. The number of hydrogen-bond acceptors (Lipinski definition) is 6. The molecule has 1 amide bonds. The van der Waals surface area contributed by atoms with E-state index >= 15 is 0 Å². The van der Waals surface area contributed by atoms with Gasteiger partial charge in [0.2, 0.25) is 10.0 Å². The van der Waals surface area contributed by atoms with Gasteiger partial charge >= 0.3 is 0 Å². The van der Waals surface area contributed by atoms with Crippen LogP contribution in [0, 0.1) is 11.8 Å². The highest BCUT2D eigenvalue weighted by molar-refractivity contribution is 7.90. The van der Waals surface area contributed by atoms with Crippen LogP contribution in [-0.4, -0.2) is 56.9 Å². The minimum Gasteiger partial charge on any atom is -0.490 e. The Bertz CT molecular complexity index is 1520. The first kappa shape index (κ1) is 32.4. The van der Waals surface area contributed by atoms with Gasteiger partial charge in [-0.25, -0.2) is 21.9 Å². The predicted molar refractivity (Wildman–Crippen MR) is 168 cm³/mol. The van der Waals surface area contributed by atoms with Gasteiger partial charge in [0.05, 0.1) is 18.4 Å². The molecule has 238 valence electrons. The van der Waals surface area contributed by atoms with Crippen LogP contribution in [0.5, 0.6) is 5.75 Å². The number of aliphatic hydroxyl groups excluding tert-OH is 1. The van der Waals surface area contributed by atoms with Crippen LogP contribution in [0.15, 0.2) is 61.7 Å². The van der Waals surface area contributed by atoms with Crippen LogP contribution in [0.2, 0.25) is 5.02 Å². The van der Waals surface area contributed by atoms with Gasteiger partial charge in [-0.2, -0.15) is 0 Å². The normalized spacial score (nSPS) is 24.2. The topological polar surface area (TPSA) is 95.9 Å². The summed E-state index contributed by atoms with van der Waals surface area (Å²) in [5.41, 5.74) is 2.61. The summed E-state index contributed by atoms with van der Waals surface area (Å²) in [6, 6.07) is 10.6. The smallest absolute Gasteiger partial charge is 0.264 e. The molecule has 5 atom stereocenters. The number of alkyl halides is 2. The summed E-state index contributed by atoms with van der Waals surface area (Å²) >= 11 is 6.35. The number of sulfonamides is 1. The number of aliphatic hydroxyl groups is 1. The molecule has 44 heavy (non-hydrogen) atoms. The summed E-state index contributed by atoms with van der Waals surface area (Å²) in [7, 11) is -4.67. The fourth-order valence-electron chi connectivity index (χ4n) is 6.95. The van der Waals surface area contributed by atoms with E-state index in [9.17, 15) is 27.1 Å². The van der Waals surface area contributed by atoms with E-state index in [0.29, 0.717) is 36.2 Å². The quantitative estimate of drug-likeness (QED) is 0.288. The number of benzene rings is 2. The molecule has 0 bridgehead atoms. The molecule has 2 aromatic rings. The fourth-order valence-corrected chi connectivity index (χ4v) is 8.39. The largest absolute Gasteiger partial charge is 0.490 e. The number of aryl methyl sites for hydroxylation is 1. The lowest BCUT2D eigenvalue weighted by Crippen LogP contribution is -2.49. The van der Waals surface area contributed by atoms with Crippen LogP contribution in [0.1, 0.15) is 60.0 Å². The molecular weight excluding hydrogens is 610 g/mol. The maximum atomic E-state index is 13.6. The molecule has 0 radical (unpaired) electrons. The summed E-state index contributed by atoms with van der Waals surface area (Å²) in [4.78, 5) is 15.4. The predicted octanol–water partition coefficient (Wildman–Crippen LogP) is 6.05. The summed E-state index contributed by atoms with van der Waals surface area (Å²) in [5, 5.41) is 9.18. The van der Waals surface area contributed by atoms with E-state index in [1.807, 2.05) is 16.9 Å². The highest BCUT2D eigenvalue weighted by Crippen LogP contribution is 2.46. The van der Waals surface area contributed by atoms with Crippen molar-refractivity contribution in [3.63, 3.8) is 0 Å². The molecule has 2 N–H and O–H groups in total. The van der Waals surface area contributed by atoms with Crippen molar-refractivity contribution < 1.29 is 31.8 Å². The Balaban J connectivity index is 1.49. The Morgan fingerprint density at radius 3 is 2.70 bits per heavy atom. The van der Waals surface area contributed by atoms with Crippen molar-refractivity contribution in [2.45, 2.75) is 68.1 Å². The first-order chi connectivity index (χ1) is 21.0. The van der Waals surface area contributed by atoms with Gasteiger partial charge < -0.3 is 14.7 Å². The lowest BCUT2D eigenvalue weighted by molar-refractivity contribution is 0.0460. The Hall–Kier alpha value is -2.95. The summed E-state index contributed by atoms with van der Waals surface area (Å²) in [6.07, 6.45) is 3.36. The molecule has 0 aromatic heterocycles. The number of anilines is 1.